The summed E-state index contributed by atoms with van der Waals surface area (Å²) in [6, 6.07) is 16.2. The maximum atomic E-state index is 5.95. The highest BCUT2D eigenvalue weighted by atomic mass is 16.6. The summed E-state index contributed by atoms with van der Waals surface area (Å²) < 4.78 is 11.7. The van der Waals surface area contributed by atoms with Crippen LogP contribution in [0, 0.1) is 0 Å². The molecule has 2 aromatic rings. The van der Waals surface area contributed by atoms with E-state index >= 15 is 0 Å². The Hall–Kier alpha value is -2.89. The van der Waals surface area contributed by atoms with E-state index in [1.807, 2.05) is 38.4 Å². The molecule has 0 amide bonds. The fraction of sp³-hybridized carbons (Fsp3) is 0.350. The van der Waals surface area contributed by atoms with Crippen molar-refractivity contribution in [1.29, 1.82) is 0 Å². The van der Waals surface area contributed by atoms with Crippen molar-refractivity contribution in [3.05, 3.63) is 54.1 Å². The molecule has 1 aliphatic rings. The molecule has 0 radical (unpaired) electrons. The highest BCUT2D eigenvalue weighted by molar-refractivity contribution is 5.79. The van der Waals surface area contributed by atoms with Crippen LogP contribution in [0.25, 0.3) is 0 Å². The van der Waals surface area contributed by atoms with E-state index in [1.165, 1.54) is 11.3 Å². The van der Waals surface area contributed by atoms with Crippen molar-refractivity contribution >= 4 is 11.6 Å². The van der Waals surface area contributed by atoms with Gasteiger partial charge in [0.15, 0.2) is 17.5 Å². The molecule has 1 atom stereocenters. The summed E-state index contributed by atoms with van der Waals surface area (Å²) in [6.07, 6.45) is -0.0529. The second-order valence-corrected chi connectivity index (χ2v) is 6.37. The molecule has 0 spiro atoms. The summed E-state index contributed by atoms with van der Waals surface area (Å²) >= 11 is 0. The molecule has 0 aromatic heterocycles. The number of ether oxygens (including phenoxy) is 2. The van der Waals surface area contributed by atoms with Crippen LogP contribution in [0.3, 0.4) is 0 Å². The van der Waals surface area contributed by atoms with Gasteiger partial charge in [0.25, 0.3) is 0 Å². The minimum Gasteiger partial charge on any atom is -0.486 e. The van der Waals surface area contributed by atoms with Gasteiger partial charge < -0.3 is 25.0 Å². The van der Waals surface area contributed by atoms with E-state index in [2.05, 4.69) is 44.8 Å². The number of nitrogens with one attached hydrogen (secondary N) is 2. The van der Waals surface area contributed by atoms with Crippen LogP contribution in [0.15, 0.2) is 53.5 Å². The normalized spacial score (nSPS) is 16.1. The number of fused-ring (bicyclic) bond motifs is 1. The zero-order chi connectivity index (χ0) is 18.4. The third-order valence-corrected chi connectivity index (χ3v) is 4.20. The summed E-state index contributed by atoms with van der Waals surface area (Å²) in [4.78, 5) is 6.35. The Morgan fingerprint density at radius 3 is 2.50 bits per heavy atom. The van der Waals surface area contributed by atoms with Gasteiger partial charge in [-0.1, -0.05) is 24.3 Å². The maximum Gasteiger partial charge on any atom is 0.191 e. The molecule has 2 aromatic carbocycles. The van der Waals surface area contributed by atoms with Crippen LogP contribution in [-0.4, -0.2) is 46.4 Å². The minimum absolute atomic E-state index is 0.0529. The molecule has 138 valence electrons. The van der Waals surface area contributed by atoms with Crippen molar-refractivity contribution in [2.45, 2.75) is 12.6 Å². The van der Waals surface area contributed by atoms with E-state index in [-0.39, 0.29) is 6.10 Å². The van der Waals surface area contributed by atoms with Crippen LogP contribution in [0.4, 0.5) is 5.69 Å². The summed E-state index contributed by atoms with van der Waals surface area (Å²) in [6.45, 7) is 1.85. The predicted octanol–water partition coefficient (Wildman–Crippen LogP) is 2.26. The largest absolute Gasteiger partial charge is 0.486 e. The first-order chi connectivity index (χ1) is 12.7. The first-order valence-electron chi connectivity index (χ1n) is 8.75. The first-order valence-corrected chi connectivity index (χ1v) is 8.75. The molecule has 0 saturated carbocycles. The van der Waals surface area contributed by atoms with Gasteiger partial charge >= 0.3 is 0 Å². The molecule has 6 nitrogen and oxygen atoms in total. The average Bonchev–Trinajstić information content (AvgIpc) is 2.68. The molecule has 6 heteroatoms. The zero-order valence-electron chi connectivity index (χ0n) is 15.5. The average molecular weight is 354 g/mol. The summed E-state index contributed by atoms with van der Waals surface area (Å²) in [5.41, 5.74) is 2.38. The predicted molar refractivity (Wildman–Crippen MR) is 105 cm³/mol. The van der Waals surface area contributed by atoms with E-state index in [4.69, 9.17) is 9.47 Å². The third-order valence-electron chi connectivity index (χ3n) is 4.20. The standard InChI is InChI=1S/C20H26N4O2/c1-21-20(22-12-15-8-10-16(11-9-15)24(2)3)23-13-17-14-25-18-6-4-5-7-19(18)26-17/h4-11,17H,12-14H2,1-3H3,(H2,21,22,23). The Balaban J connectivity index is 1.46. The number of anilines is 1. The fourth-order valence-corrected chi connectivity index (χ4v) is 2.69. The van der Waals surface area contributed by atoms with Gasteiger partial charge in [-0.3, -0.25) is 4.99 Å². The zero-order valence-corrected chi connectivity index (χ0v) is 15.5. The molecular weight excluding hydrogens is 328 g/mol. The lowest BCUT2D eigenvalue weighted by molar-refractivity contribution is 0.0936. The fourth-order valence-electron chi connectivity index (χ4n) is 2.69. The van der Waals surface area contributed by atoms with Crippen molar-refractivity contribution in [3.8, 4) is 11.5 Å². The Morgan fingerprint density at radius 2 is 1.81 bits per heavy atom. The number of guanidine groups is 1. The monoisotopic (exact) mass is 354 g/mol. The lowest BCUT2D eigenvalue weighted by atomic mass is 10.2. The molecule has 1 heterocycles. The number of hydrogen-bond acceptors (Lipinski definition) is 4. The highest BCUT2D eigenvalue weighted by Crippen LogP contribution is 2.30. The number of para-hydroxylation sites is 2. The van der Waals surface area contributed by atoms with Crippen molar-refractivity contribution < 1.29 is 9.47 Å². The third kappa shape index (κ3) is 4.59. The van der Waals surface area contributed by atoms with Gasteiger partial charge in [0.2, 0.25) is 0 Å². The number of nitrogens with zero attached hydrogens (tertiary/aromatic N) is 2. The van der Waals surface area contributed by atoms with Gasteiger partial charge in [-0.25, -0.2) is 0 Å². The van der Waals surface area contributed by atoms with Gasteiger partial charge in [-0.05, 0) is 29.8 Å². The number of rotatable bonds is 5. The summed E-state index contributed by atoms with van der Waals surface area (Å²) in [5, 5.41) is 6.62. The topological polar surface area (TPSA) is 58.1 Å². The Kier molecular flexibility index (Phi) is 5.84. The quantitative estimate of drug-likeness (QED) is 0.637. The molecule has 0 saturated heterocycles. The molecule has 26 heavy (non-hydrogen) atoms. The Labute approximate surface area is 154 Å². The smallest absolute Gasteiger partial charge is 0.191 e. The second-order valence-electron chi connectivity index (χ2n) is 6.37. The summed E-state index contributed by atoms with van der Waals surface area (Å²) in [7, 11) is 5.83. The van der Waals surface area contributed by atoms with Crippen LogP contribution >= 0.6 is 0 Å². The SMILES string of the molecule is CN=C(NCc1ccc(N(C)C)cc1)NCC1COc2ccccc2O1. The molecule has 0 bridgehead atoms. The number of hydrogen-bond donors (Lipinski definition) is 2. The van der Waals surface area contributed by atoms with Crippen LogP contribution < -0.4 is 25.0 Å². The molecule has 1 aliphatic heterocycles. The maximum absolute atomic E-state index is 5.95. The highest BCUT2D eigenvalue weighted by Gasteiger charge is 2.20. The van der Waals surface area contributed by atoms with Gasteiger partial charge in [0.1, 0.15) is 12.7 Å². The Bertz CT molecular complexity index is 744. The van der Waals surface area contributed by atoms with Crippen LogP contribution in [0.5, 0.6) is 11.5 Å². The minimum atomic E-state index is -0.0529. The second kappa shape index (κ2) is 8.47. The van der Waals surface area contributed by atoms with E-state index < -0.39 is 0 Å². The van der Waals surface area contributed by atoms with E-state index in [9.17, 15) is 0 Å². The number of aliphatic imine (C=N–C) groups is 1. The van der Waals surface area contributed by atoms with Crippen LogP contribution in [0.1, 0.15) is 5.56 Å². The van der Waals surface area contributed by atoms with Crippen LogP contribution in [-0.2, 0) is 6.54 Å². The van der Waals surface area contributed by atoms with Gasteiger partial charge in [0.05, 0.1) is 6.54 Å². The van der Waals surface area contributed by atoms with Gasteiger partial charge in [0, 0.05) is 33.4 Å². The van der Waals surface area contributed by atoms with Crippen molar-refractivity contribution in [3.63, 3.8) is 0 Å². The number of benzene rings is 2. The first kappa shape index (κ1) is 17.9. The lowest BCUT2D eigenvalue weighted by Crippen LogP contribution is -2.45. The molecular formula is C20H26N4O2. The lowest BCUT2D eigenvalue weighted by Gasteiger charge is -2.27. The molecule has 3 rings (SSSR count). The molecule has 0 fully saturated rings. The van der Waals surface area contributed by atoms with E-state index in [0.29, 0.717) is 19.7 Å². The van der Waals surface area contributed by atoms with Gasteiger partial charge in [-0.2, -0.15) is 0 Å². The van der Waals surface area contributed by atoms with E-state index in [0.717, 1.165) is 17.5 Å². The van der Waals surface area contributed by atoms with Crippen molar-refractivity contribution in [2.24, 2.45) is 4.99 Å². The molecule has 2 N–H and O–H groups in total. The molecule has 1 unspecified atom stereocenters. The molecule has 0 aliphatic carbocycles. The van der Waals surface area contributed by atoms with E-state index in [1.54, 1.807) is 7.05 Å². The van der Waals surface area contributed by atoms with Crippen LogP contribution in [0.2, 0.25) is 0 Å². The Morgan fingerprint density at radius 1 is 1.08 bits per heavy atom. The van der Waals surface area contributed by atoms with Gasteiger partial charge in [-0.15, -0.1) is 0 Å². The van der Waals surface area contributed by atoms with Crippen molar-refractivity contribution in [2.75, 3.05) is 39.2 Å². The van der Waals surface area contributed by atoms with Crippen molar-refractivity contribution in [1.82, 2.24) is 10.6 Å². The summed E-state index contributed by atoms with van der Waals surface area (Å²) in [5.74, 6) is 2.33.